The number of methoxy groups -OCH3 is 1. The molecule has 2 amide bonds. The number of pyridine rings is 1. The van der Waals surface area contributed by atoms with E-state index < -0.39 is 11.1 Å². The minimum atomic E-state index is -0.755. The van der Waals surface area contributed by atoms with Crippen molar-refractivity contribution in [3.63, 3.8) is 0 Å². The number of ether oxygens (including phenoxy) is 2. The topological polar surface area (TPSA) is 72.0 Å². The number of fused-ring (bicyclic) bond motifs is 1. The number of carbonyl (C=O) groups excluding carboxylic acids is 2. The van der Waals surface area contributed by atoms with Crippen LogP contribution in [-0.4, -0.2) is 64.7 Å². The smallest absolute Gasteiger partial charge is 0.410 e. The third-order valence-electron chi connectivity index (χ3n) is 4.61. The Bertz CT molecular complexity index is 726. The van der Waals surface area contributed by atoms with Crippen LogP contribution in [0.1, 0.15) is 26.5 Å². The highest BCUT2D eigenvalue weighted by Crippen LogP contribution is 2.38. The van der Waals surface area contributed by atoms with E-state index in [9.17, 15) is 9.59 Å². The molecule has 2 aliphatic heterocycles. The van der Waals surface area contributed by atoms with Gasteiger partial charge in [0.25, 0.3) is 5.91 Å². The summed E-state index contributed by atoms with van der Waals surface area (Å²) < 4.78 is 11.1. The van der Waals surface area contributed by atoms with Crippen molar-refractivity contribution in [1.29, 1.82) is 0 Å². The lowest BCUT2D eigenvalue weighted by atomic mass is 9.88. The molecule has 3 rings (SSSR count). The summed E-state index contributed by atoms with van der Waals surface area (Å²) in [5.74, 6) is 0.461. The van der Waals surface area contributed by atoms with Crippen molar-refractivity contribution in [3.8, 4) is 0 Å². The maximum atomic E-state index is 12.6. The Hall–Kier alpha value is -2.57. The molecule has 1 aromatic heterocycles. The molecule has 26 heavy (non-hydrogen) atoms. The molecule has 0 saturated carbocycles. The molecule has 0 spiro atoms. The van der Waals surface area contributed by atoms with Crippen molar-refractivity contribution in [1.82, 2.24) is 14.8 Å². The molecule has 0 N–H and O–H groups in total. The predicted octanol–water partition coefficient (Wildman–Crippen LogP) is 1.99. The van der Waals surface area contributed by atoms with E-state index in [1.807, 2.05) is 39.0 Å². The Balaban J connectivity index is 1.92. The van der Waals surface area contributed by atoms with E-state index in [-0.39, 0.29) is 12.0 Å². The van der Waals surface area contributed by atoms with Gasteiger partial charge in [0, 0.05) is 37.5 Å². The van der Waals surface area contributed by atoms with Gasteiger partial charge in [-0.3, -0.25) is 9.78 Å². The normalized spacial score (nSPS) is 22.8. The van der Waals surface area contributed by atoms with Gasteiger partial charge in [0.05, 0.1) is 13.7 Å². The molecule has 1 fully saturated rings. The Morgan fingerprint density at radius 3 is 2.69 bits per heavy atom. The minimum absolute atomic E-state index is 0.0957. The van der Waals surface area contributed by atoms with Crippen LogP contribution in [0.15, 0.2) is 36.2 Å². The molecule has 1 aromatic rings. The first kappa shape index (κ1) is 18.2. The zero-order valence-corrected chi connectivity index (χ0v) is 15.7. The summed E-state index contributed by atoms with van der Waals surface area (Å²) in [6.07, 6.45) is 3.32. The van der Waals surface area contributed by atoms with Crippen LogP contribution in [0.25, 0.3) is 0 Å². The lowest BCUT2D eigenvalue weighted by Gasteiger charge is -2.47. The predicted molar refractivity (Wildman–Crippen MR) is 95.3 cm³/mol. The molecule has 0 bridgehead atoms. The quantitative estimate of drug-likeness (QED) is 0.825. The van der Waals surface area contributed by atoms with E-state index in [0.717, 1.165) is 5.69 Å². The van der Waals surface area contributed by atoms with E-state index in [1.54, 1.807) is 23.1 Å². The first-order valence-electron chi connectivity index (χ1n) is 8.71. The molecule has 1 saturated heterocycles. The second-order valence-corrected chi connectivity index (χ2v) is 7.63. The van der Waals surface area contributed by atoms with E-state index >= 15 is 0 Å². The maximum Gasteiger partial charge on any atom is 0.410 e. The van der Waals surface area contributed by atoms with Crippen LogP contribution in [0.5, 0.6) is 0 Å². The number of rotatable bonds is 3. The number of nitrogens with zero attached hydrogens (tertiary/aromatic N) is 3. The average Bonchev–Trinajstić information content (AvgIpc) is 2.85. The van der Waals surface area contributed by atoms with Gasteiger partial charge in [-0.1, -0.05) is 6.07 Å². The molecule has 7 heteroatoms. The fourth-order valence-corrected chi connectivity index (χ4v) is 3.54. The molecular formula is C19H25N3O4. The highest BCUT2D eigenvalue weighted by Gasteiger charge is 2.53. The average molecular weight is 359 g/mol. The van der Waals surface area contributed by atoms with Gasteiger partial charge >= 0.3 is 6.09 Å². The van der Waals surface area contributed by atoms with Crippen LogP contribution in [0.2, 0.25) is 0 Å². The van der Waals surface area contributed by atoms with Crippen molar-refractivity contribution in [2.45, 2.75) is 38.3 Å². The first-order chi connectivity index (χ1) is 12.2. The number of aromatic nitrogens is 1. The molecule has 140 valence electrons. The molecule has 0 aromatic carbocycles. The Kier molecular flexibility index (Phi) is 4.64. The first-order valence-corrected chi connectivity index (χ1v) is 8.71. The van der Waals surface area contributed by atoms with E-state index in [0.29, 0.717) is 31.8 Å². The Morgan fingerprint density at radius 1 is 1.31 bits per heavy atom. The van der Waals surface area contributed by atoms with Crippen molar-refractivity contribution in [3.05, 3.63) is 41.9 Å². The van der Waals surface area contributed by atoms with Crippen molar-refractivity contribution in [2.24, 2.45) is 0 Å². The zero-order valence-electron chi connectivity index (χ0n) is 15.7. The summed E-state index contributed by atoms with van der Waals surface area (Å²) in [6.45, 7) is 6.67. The lowest BCUT2D eigenvalue weighted by molar-refractivity contribution is -0.133. The van der Waals surface area contributed by atoms with Gasteiger partial charge in [-0.05, 0) is 32.9 Å². The third kappa shape index (κ3) is 3.38. The highest BCUT2D eigenvalue weighted by molar-refractivity contribution is 5.93. The Morgan fingerprint density at radius 2 is 2.08 bits per heavy atom. The number of carbonyl (C=O) groups is 2. The monoisotopic (exact) mass is 359 g/mol. The van der Waals surface area contributed by atoms with Crippen molar-refractivity contribution in [2.75, 3.05) is 26.7 Å². The Labute approximate surface area is 153 Å². The van der Waals surface area contributed by atoms with Gasteiger partial charge in [-0.2, -0.15) is 0 Å². The van der Waals surface area contributed by atoms with Gasteiger partial charge in [-0.15, -0.1) is 0 Å². The van der Waals surface area contributed by atoms with Crippen LogP contribution in [0.4, 0.5) is 4.79 Å². The van der Waals surface area contributed by atoms with Crippen LogP contribution in [0.3, 0.4) is 0 Å². The molecule has 1 atom stereocenters. The van der Waals surface area contributed by atoms with Gasteiger partial charge < -0.3 is 19.3 Å². The van der Waals surface area contributed by atoms with E-state index in [2.05, 4.69) is 4.98 Å². The summed E-state index contributed by atoms with van der Waals surface area (Å²) >= 11 is 0. The van der Waals surface area contributed by atoms with Crippen LogP contribution in [-0.2, 0) is 20.7 Å². The second kappa shape index (κ2) is 6.63. The fraction of sp³-hybridized carbons (Fsp3) is 0.526. The largest absolute Gasteiger partial charge is 0.498 e. The summed E-state index contributed by atoms with van der Waals surface area (Å²) in [5, 5.41) is 0. The summed E-state index contributed by atoms with van der Waals surface area (Å²) in [6, 6.07) is 5.67. The maximum absolute atomic E-state index is 12.6. The number of hydrogen-bond acceptors (Lipinski definition) is 5. The molecule has 0 radical (unpaired) electrons. The molecule has 7 nitrogen and oxygen atoms in total. The summed E-state index contributed by atoms with van der Waals surface area (Å²) in [4.78, 5) is 32.9. The SMILES string of the molecule is COC1=CC(=O)N2CCN(C(=O)OC(C)(C)C)CC12Cc1ccccn1. The van der Waals surface area contributed by atoms with Gasteiger partial charge in [0.2, 0.25) is 0 Å². The molecule has 2 aliphatic rings. The summed E-state index contributed by atoms with van der Waals surface area (Å²) in [5.41, 5.74) is -0.496. The van der Waals surface area contributed by atoms with Gasteiger partial charge in [-0.25, -0.2) is 4.79 Å². The molecule has 3 heterocycles. The molecule has 0 aliphatic carbocycles. The van der Waals surface area contributed by atoms with Crippen LogP contribution in [0, 0.1) is 0 Å². The van der Waals surface area contributed by atoms with Crippen LogP contribution < -0.4 is 0 Å². The molecule has 1 unspecified atom stereocenters. The third-order valence-corrected chi connectivity index (χ3v) is 4.61. The molecular weight excluding hydrogens is 334 g/mol. The second-order valence-electron chi connectivity index (χ2n) is 7.63. The van der Waals surface area contributed by atoms with Gasteiger partial charge in [0.15, 0.2) is 0 Å². The van der Waals surface area contributed by atoms with E-state index in [1.165, 1.54) is 6.08 Å². The fourth-order valence-electron chi connectivity index (χ4n) is 3.54. The standard InChI is InChI=1S/C19H25N3O4/c1-18(2,3)26-17(24)21-9-10-22-16(23)11-15(25-4)19(22,13-21)12-14-7-5-6-8-20-14/h5-8,11H,9-10,12-13H2,1-4H3. The number of piperazine rings is 1. The van der Waals surface area contributed by atoms with Crippen molar-refractivity contribution < 1.29 is 19.1 Å². The van der Waals surface area contributed by atoms with Gasteiger partial charge in [0.1, 0.15) is 16.9 Å². The van der Waals surface area contributed by atoms with Crippen molar-refractivity contribution >= 4 is 12.0 Å². The zero-order chi connectivity index (χ0) is 18.9. The number of hydrogen-bond donors (Lipinski definition) is 0. The lowest BCUT2D eigenvalue weighted by Crippen LogP contribution is -2.64. The highest BCUT2D eigenvalue weighted by atomic mass is 16.6. The minimum Gasteiger partial charge on any atom is -0.498 e. The van der Waals surface area contributed by atoms with E-state index in [4.69, 9.17) is 9.47 Å². The van der Waals surface area contributed by atoms with Crippen LogP contribution >= 0.6 is 0 Å². The number of amides is 2. The summed E-state index contributed by atoms with van der Waals surface area (Å²) in [7, 11) is 1.55.